The first-order chi connectivity index (χ1) is 14.9. The number of hydrogen-bond acceptors (Lipinski definition) is 7. The summed E-state index contributed by atoms with van der Waals surface area (Å²) in [5, 5.41) is 42.7. The topological polar surface area (TPSA) is 126 Å². The quantitative estimate of drug-likeness (QED) is 0.411. The van der Waals surface area contributed by atoms with Gasteiger partial charge in [-0.05, 0) is 55.9 Å². The van der Waals surface area contributed by atoms with Crippen LogP contribution in [0.1, 0.15) is 45.1 Å². The molecule has 1 aromatic carbocycles. The SMILES string of the molecule is CC[C@H]1OC(O)[C@H](NC(=O)/C(C#N)=C(\C)c2ccc(N3CCCCC3)cc2)[C@@H](O)[C@@H]1O. The van der Waals surface area contributed by atoms with Gasteiger partial charge in [-0.2, -0.15) is 5.26 Å². The summed E-state index contributed by atoms with van der Waals surface area (Å²) in [6.45, 7) is 5.49. The summed E-state index contributed by atoms with van der Waals surface area (Å²) in [5.74, 6) is -0.742. The monoisotopic (exact) mass is 429 g/mol. The van der Waals surface area contributed by atoms with E-state index in [0.29, 0.717) is 12.0 Å². The molecule has 2 aliphatic heterocycles. The Labute approximate surface area is 182 Å². The summed E-state index contributed by atoms with van der Waals surface area (Å²) in [6.07, 6.45) is -0.890. The van der Waals surface area contributed by atoms with Crippen molar-refractivity contribution in [1.29, 1.82) is 5.26 Å². The molecule has 4 N–H and O–H groups in total. The van der Waals surface area contributed by atoms with Crippen molar-refractivity contribution in [3.8, 4) is 6.07 Å². The molecule has 3 rings (SSSR count). The lowest BCUT2D eigenvalue weighted by Gasteiger charge is -2.40. The van der Waals surface area contributed by atoms with Gasteiger partial charge in [0.15, 0.2) is 6.29 Å². The molecule has 0 bridgehead atoms. The Hall–Kier alpha value is -2.44. The fourth-order valence-electron chi connectivity index (χ4n) is 4.19. The molecule has 2 aliphatic rings. The third-order valence-corrected chi connectivity index (χ3v) is 6.16. The van der Waals surface area contributed by atoms with Gasteiger partial charge in [0, 0.05) is 18.8 Å². The minimum Gasteiger partial charge on any atom is -0.388 e. The number of nitrogens with one attached hydrogen (secondary N) is 1. The number of nitriles is 1. The van der Waals surface area contributed by atoms with E-state index in [1.807, 2.05) is 30.3 Å². The minimum atomic E-state index is -1.49. The van der Waals surface area contributed by atoms with Gasteiger partial charge in [-0.15, -0.1) is 0 Å². The predicted molar refractivity (Wildman–Crippen MR) is 116 cm³/mol. The number of nitrogens with zero attached hydrogens (tertiary/aromatic N) is 2. The van der Waals surface area contributed by atoms with E-state index in [4.69, 9.17) is 4.74 Å². The number of piperidine rings is 1. The Morgan fingerprint density at radius 1 is 1.16 bits per heavy atom. The van der Waals surface area contributed by atoms with E-state index >= 15 is 0 Å². The molecule has 5 atom stereocenters. The van der Waals surface area contributed by atoms with Crippen LogP contribution >= 0.6 is 0 Å². The second kappa shape index (κ2) is 10.2. The first kappa shape index (κ1) is 23.2. The van der Waals surface area contributed by atoms with Crippen LogP contribution in [-0.2, 0) is 9.53 Å². The van der Waals surface area contributed by atoms with Crippen molar-refractivity contribution in [3.63, 3.8) is 0 Å². The highest BCUT2D eigenvalue weighted by atomic mass is 16.6. The van der Waals surface area contributed by atoms with Crippen molar-refractivity contribution in [3.05, 3.63) is 35.4 Å². The van der Waals surface area contributed by atoms with Crippen LogP contribution in [0.4, 0.5) is 5.69 Å². The van der Waals surface area contributed by atoms with Crippen molar-refractivity contribution in [2.45, 2.75) is 70.2 Å². The van der Waals surface area contributed by atoms with Gasteiger partial charge in [-0.1, -0.05) is 19.1 Å². The van der Waals surface area contributed by atoms with Crippen molar-refractivity contribution < 1.29 is 24.9 Å². The van der Waals surface area contributed by atoms with E-state index in [-0.39, 0.29) is 5.57 Å². The number of anilines is 1. The number of aliphatic hydroxyl groups is 3. The summed E-state index contributed by atoms with van der Waals surface area (Å²) >= 11 is 0. The number of carbonyl (C=O) groups excluding carboxylic acids is 1. The summed E-state index contributed by atoms with van der Waals surface area (Å²) in [5.41, 5.74) is 2.21. The molecule has 0 radical (unpaired) electrons. The average molecular weight is 430 g/mol. The molecule has 2 heterocycles. The number of hydrogen-bond donors (Lipinski definition) is 4. The number of ether oxygens (including phenoxy) is 1. The second-order valence-corrected chi connectivity index (χ2v) is 8.16. The Balaban J connectivity index is 1.75. The molecule has 1 amide bonds. The minimum absolute atomic E-state index is 0.128. The van der Waals surface area contributed by atoms with Crippen LogP contribution in [0.2, 0.25) is 0 Å². The van der Waals surface area contributed by atoms with Crippen molar-refractivity contribution in [2.24, 2.45) is 0 Å². The molecule has 31 heavy (non-hydrogen) atoms. The highest BCUT2D eigenvalue weighted by Crippen LogP contribution is 2.26. The number of amides is 1. The Morgan fingerprint density at radius 3 is 2.39 bits per heavy atom. The van der Waals surface area contributed by atoms with Gasteiger partial charge in [0.25, 0.3) is 5.91 Å². The Bertz CT molecular complexity index is 842. The molecule has 1 aromatic rings. The van der Waals surface area contributed by atoms with Gasteiger partial charge in [-0.25, -0.2) is 0 Å². The van der Waals surface area contributed by atoms with Crippen LogP contribution in [0.25, 0.3) is 5.57 Å². The van der Waals surface area contributed by atoms with Crippen molar-refractivity contribution >= 4 is 17.2 Å². The molecule has 168 valence electrons. The normalized spacial score (nSPS) is 29.7. The lowest BCUT2D eigenvalue weighted by molar-refractivity contribution is -0.247. The fraction of sp³-hybridized carbons (Fsp3) is 0.565. The maximum Gasteiger partial charge on any atom is 0.262 e. The molecule has 0 aliphatic carbocycles. The second-order valence-electron chi connectivity index (χ2n) is 8.16. The van der Waals surface area contributed by atoms with E-state index in [0.717, 1.165) is 24.3 Å². The van der Waals surface area contributed by atoms with Crippen molar-refractivity contribution in [1.82, 2.24) is 5.32 Å². The van der Waals surface area contributed by atoms with Crippen molar-refractivity contribution in [2.75, 3.05) is 18.0 Å². The Morgan fingerprint density at radius 2 is 1.81 bits per heavy atom. The molecular formula is C23H31N3O5. The molecule has 1 unspecified atom stereocenters. The summed E-state index contributed by atoms with van der Waals surface area (Å²) in [7, 11) is 0. The predicted octanol–water partition coefficient (Wildman–Crippen LogP) is 1.31. The summed E-state index contributed by atoms with van der Waals surface area (Å²) in [6, 6.07) is 8.41. The van der Waals surface area contributed by atoms with Gasteiger partial charge in [0.05, 0.1) is 6.10 Å². The van der Waals surface area contributed by atoms with Gasteiger partial charge >= 0.3 is 0 Å². The molecule has 8 heteroatoms. The van der Waals surface area contributed by atoms with E-state index in [9.17, 15) is 25.4 Å². The Kier molecular flexibility index (Phi) is 7.68. The zero-order valence-corrected chi connectivity index (χ0v) is 18.0. The fourth-order valence-corrected chi connectivity index (χ4v) is 4.19. The van der Waals surface area contributed by atoms with Gasteiger partial charge in [-0.3, -0.25) is 4.79 Å². The maximum absolute atomic E-state index is 12.8. The average Bonchev–Trinajstić information content (AvgIpc) is 2.80. The molecule has 0 aromatic heterocycles. The van der Waals surface area contributed by atoms with E-state index < -0.39 is 36.6 Å². The summed E-state index contributed by atoms with van der Waals surface area (Å²) < 4.78 is 5.29. The van der Waals surface area contributed by atoms with E-state index in [2.05, 4.69) is 10.2 Å². The first-order valence-corrected chi connectivity index (χ1v) is 10.8. The lowest BCUT2D eigenvalue weighted by atomic mass is 9.94. The van der Waals surface area contributed by atoms with Crippen LogP contribution < -0.4 is 10.2 Å². The lowest BCUT2D eigenvalue weighted by Crippen LogP contribution is -2.63. The third kappa shape index (κ3) is 5.08. The molecule has 2 fully saturated rings. The van der Waals surface area contributed by atoms with Gasteiger partial charge in [0.1, 0.15) is 29.9 Å². The smallest absolute Gasteiger partial charge is 0.262 e. The summed E-state index contributed by atoms with van der Waals surface area (Å²) in [4.78, 5) is 15.1. The van der Waals surface area contributed by atoms with Gasteiger partial charge in [0.2, 0.25) is 0 Å². The van der Waals surface area contributed by atoms with Crippen LogP contribution in [0.5, 0.6) is 0 Å². The molecule has 2 saturated heterocycles. The maximum atomic E-state index is 12.8. The number of rotatable bonds is 5. The largest absolute Gasteiger partial charge is 0.388 e. The number of carbonyl (C=O) groups is 1. The van der Waals surface area contributed by atoms with E-state index in [1.54, 1.807) is 13.8 Å². The van der Waals surface area contributed by atoms with Crippen LogP contribution in [0.15, 0.2) is 29.8 Å². The molecule has 0 spiro atoms. The highest BCUT2D eigenvalue weighted by molar-refractivity contribution is 6.04. The van der Waals surface area contributed by atoms with Crippen LogP contribution in [-0.4, -0.2) is 65.0 Å². The van der Waals surface area contributed by atoms with Crippen LogP contribution in [0, 0.1) is 11.3 Å². The number of benzene rings is 1. The zero-order chi connectivity index (χ0) is 22.5. The number of aliphatic hydroxyl groups excluding tert-OH is 3. The standard InChI is InChI=1S/C23H31N3O5/c1-3-18-20(27)21(28)19(23(30)31-18)25-22(29)17(13-24)14(2)15-7-9-16(10-8-15)26-11-5-4-6-12-26/h7-10,18-21,23,27-28,30H,3-6,11-12H2,1-2H3,(H,25,29)/b17-14+/t18-,19-,20-,21-,23?/m1/s1. The highest BCUT2D eigenvalue weighted by Gasteiger charge is 2.44. The van der Waals surface area contributed by atoms with Crippen LogP contribution in [0.3, 0.4) is 0 Å². The number of allylic oxidation sites excluding steroid dienone is 1. The molecular weight excluding hydrogens is 398 g/mol. The molecule has 0 saturated carbocycles. The first-order valence-electron chi connectivity index (χ1n) is 10.8. The van der Waals surface area contributed by atoms with Gasteiger partial charge < -0.3 is 30.3 Å². The zero-order valence-electron chi connectivity index (χ0n) is 18.0. The van der Waals surface area contributed by atoms with E-state index in [1.165, 1.54) is 19.3 Å². The third-order valence-electron chi connectivity index (χ3n) is 6.16. The molecule has 8 nitrogen and oxygen atoms in total.